The van der Waals surface area contributed by atoms with Gasteiger partial charge in [-0.1, -0.05) is 15.9 Å². The van der Waals surface area contributed by atoms with Crippen molar-refractivity contribution in [2.24, 2.45) is 0 Å². The first kappa shape index (κ1) is 26.4. The lowest BCUT2D eigenvalue weighted by Gasteiger charge is -2.25. The summed E-state index contributed by atoms with van der Waals surface area (Å²) in [6.07, 6.45) is -12.1. The monoisotopic (exact) mass is 568 g/mol. The van der Waals surface area contributed by atoms with Crippen LogP contribution in [0.5, 0.6) is 5.75 Å². The number of hydrogen-bond acceptors (Lipinski definition) is 5. The van der Waals surface area contributed by atoms with E-state index in [4.69, 9.17) is 4.74 Å². The number of fused-ring (bicyclic) bond motifs is 1. The van der Waals surface area contributed by atoms with Crippen LogP contribution in [0, 0.1) is 12.7 Å². The largest absolute Gasteiger partial charge is 0.479 e. The average Bonchev–Trinajstić information content (AvgIpc) is 2.71. The number of rotatable bonds is 6. The lowest BCUT2D eigenvalue weighted by Crippen LogP contribution is -2.56. The number of amides is 1. The standard InChI is InChI=1S/C21H16BrF7N4O2/c1-9-5-11(22)6-14-16(9)17(31-8-30-14)32-13-4-3-12(23)7-15(13)35-10(2)18(34)33-19(20(24,25)26)21(27,28)29/h3-8,10,19H,1-2H3,(H,33,34)(H,30,31,32)/t10-/m1/s1. The molecule has 0 saturated heterocycles. The Labute approximate surface area is 202 Å². The first-order valence-electron chi connectivity index (χ1n) is 9.74. The van der Waals surface area contributed by atoms with E-state index in [9.17, 15) is 35.5 Å². The molecule has 14 heteroatoms. The second kappa shape index (κ2) is 9.84. The maximum absolute atomic E-state index is 13.9. The van der Waals surface area contributed by atoms with Crippen LogP contribution >= 0.6 is 15.9 Å². The maximum atomic E-state index is 13.9. The van der Waals surface area contributed by atoms with E-state index in [2.05, 4.69) is 31.2 Å². The van der Waals surface area contributed by atoms with E-state index in [1.54, 1.807) is 19.1 Å². The number of alkyl halides is 6. The molecule has 0 unspecified atom stereocenters. The Balaban J connectivity index is 1.89. The molecule has 0 aliphatic rings. The minimum atomic E-state index is -5.78. The lowest BCUT2D eigenvalue weighted by atomic mass is 10.1. The summed E-state index contributed by atoms with van der Waals surface area (Å²) in [4.78, 5) is 20.4. The number of carbonyl (C=O) groups excluding carboxylic acids is 1. The molecular formula is C21H16BrF7N4O2. The van der Waals surface area contributed by atoms with Crippen molar-refractivity contribution in [1.29, 1.82) is 0 Å². The molecule has 3 rings (SSSR count). The second-order valence-corrected chi connectivity index (χ2v) is 8.31. The summed E-state index contributed by atoms with van der Waals surface area (Å²) in [5.74, 6) is -2.60. The van der Waals surface area contributed by atoms with Crippen LogP contribution in [0.2, 0.25) is 0 Å². The van der Waals surface area contributed by atoms with E-state index in [1.165, 1.54) is 12.4 Å². The van der Waals surface area contributed by atoms with Gasteiger partial charge in [-0.3, -0.25) is 4.79 Å². The fourth-order valence-electron chi connectivity index (χ4n) is 3.12. The number of hydrogen-bond donors (Lipinski definition) is 2. The summed E-state index contributed by atoms with van der Waals surface area (Å²) in [5, 5.41) is 4.36. The molecule has 35 heavy (non-hydrogen) atoms. The maximum Gasteiger partial charge on any atom is 0.417 e. The molecule has 3 aromatic rings. The number of carbonyl (C=O) groups is 1. The third-order valence-corrected chi connectivity index (χ3v) is 5.17. The van der Waals surface area contributed by atoms with E-state index in [0.717, 1.165) is 34.4 Å². The van der Waals surface area contributed by atoms with Crippen LogP contribution < -0.4 is 15.4 Å². The van der Waals surface area contributed by atoms with E-state index >= 15 is 0 Å². The minimum Gasteiger partial charge on any atom is -0.479 e. The van der Waals surface area contributed by atoms with Crippen LogP contribution in [0.1, 0.15) is 12.5 Å². The fourth-order valence-corrected chi connectivity index (χ4v) is 3.68. The molecule has 0 saturated carbocycles. The highest BCUT2D eigenvalue weighted by Gasteiger charge is 2.57. The van der Waals surface area contributed by atoms with Crippen molar-refractivity contribution in [1.82, 2.24) is 15.3 Å². The number of aryl methyl sites for hydroxylation is 1. The zero-order valence-corrected chi connectivity index (χ0v) is 19.4. The quantitative estimate of drug-likeness (QED) is 0.359. The topological polar surface area (TPSA) is 76.1 Å². The van der Waals surface area contributed by atoms with Gasteiger partial charge in [0, 0.05) is 15.9 Å². The molecule has 188 valence electrons. The lowest BCUT2D eigenvalue weighted by molar-refractivity contribution is -0.258. The summed E-state index contributed by atoms with van der Waals surface area (Å²) >= 11 is 3.36. The highest BCUT2D eigenvalue weighted by molar-refractivity contribution is 9.10. The van der Waals surface area contributed by atoms with Gasteiger partial charge in [0.2, 0.25) is 6.04 Å². The van der Waals surface area contributed by atoms with Crippen LogP contribution in [0.15, 0.2) is 41.1 Å². The Morgan fingerprint density at radius 3 is 2.34 bits per heavy atom. The van der Waals surface area contributed by atoms with Crippen LogP contribution in [0.3, 0.4) is 0 Å². The molecule has 1 heterocycles. The van der Waals surface area contributed by atoms with Gasteiger partial charge in [-0.15, -0.1) is 0 Å². The van der Waals surface area contributed by atoms with Gasteiger partial charge in [0.25, 0.3) is 5.91 Å². The Bertz CT molecular complexity index is 1240. The van der Waals surface area contributed by atoms with E-state index in [0.29, 0.717) is 10.9 Å². The Hall–Kier alpha value is -3.16. The SMILES string of the molecule is Cc1cc(Br)cc2ncnc(Nc3ccc(F)cc3O[C@H](C)C(=O)NC(C(F)(F)F)C(F)(F)F)c12. The van der Waals surface area contributed by atoms with Gasteiger partial charge in [-0.25, -0.2) is 14.4 Å². The molecule has 0 aliphatic carbocycles. The highest BCUT2D eigenvalue weighted by Crippen LogP contribution is 2.35. The summed E-state index contributed by atoms with van der Waals surface area (Å²) in [6, 6.07) is 2.50. The second-order valence-electron chi connectivity index (χ2n) is 7.39. The number of nitrogens with one attached hydrogen (secondary N) is 2. The van der Waals surface area contributed by atoms with Crippen molar-refractivity contribution in [2.45, 2.75) is 38.3 Å². The van der Waals surface area contributed by atoms with Crippen molar-refractivity contribution in [3.8, 4) is 5.75 Å². The minimum absolute atomic E-state index is 0.0524. The smallest absolute Gasteiger partial charge is 0.417 e. The number of benzene rings is 2. The molecule has 2 N–H and O–H groups in total. The first-order valence-corrected chi connectivity index (χ1v) is 10.5. The predicted octanol–water partition coefficient (Wildman–Crippen LogP) is 5.96. The van der Waals surface area contributed by atoms with Crippen LogP contribution in [-0.2, 0) is 4.79 Å². The molecule has 0 aliphatic heterocycles. The molecular weight excluding hydrogens is 553 g/mol. The van der Waals surface area contributed by atoms with Crippen LogP contribution in [0.4, 0.5) is 42.2 Å². The van der Waals surface area contributed by atoms with Crippen molar-refractivity contribution in [3.63, 3.8) is 0 Å². The number of halogens is 8. The molecule has 2 aromatic carbocycles. The van der Waals surface area contributed by atoms with Gasteiger partial charge < -0.3 is 15.4 Å². The number of anilines is 2. The predicted molar refractivity (Wildman–Crippen MR) is 116 cm³/mol. The molecule has 1 atom stereocenters. The molecule has 6 nitrogen and oxygen atoms in total. The zero-order valence-electron chi connectivity index (χ0n) is 17.9. The third kappa shape index (κ3) is 6.29. The highest BCUT2D eigenvalue weighted by atomic mass is 79.9. The molecule has 1 amide bonds. The number of nitrogens with zero attached hydrogens (tertiary/aromatic N) is 2. The van der Waals surface area contributed by atoms with Crippen LogP contribution in [0.25, 0.3) is 10.9 Å². The van der Waals surface area contributed by atoms with Gasteiger partial charge in [0.1, 0.15) is 23.7 Å². The molecule has 1 aromatic heterocycles. The van der Waals surface area contributed by atoms with E-state index in [1.807, 2.05) is 0 Å². The Morgan fingerprint density at radius 1 is 1.06 bits per heavy atom. The number of aromatic nitrogens is 2. The van der Waals surface area contributed by atoms with E-state index < -0.39 is 36.2 Å². The first-order chi connectivity index (χ1) is 16.2. The normalized spacial score (nSPS) is 13.1. The summed E-state index contributed by atoms with van der Waals surface area (Å²) in [7, 11) is 0. The fraction of sp³-hybridized carbons (Fsp3) is 0.286. The molecule has 0 fully saturated rings. The van der Waals surface area contributed by atoms with Crippen molar-refractivity contribution >= 4 is 44.2 Å². The van der Waals surface area contributed by atoms with Crippen molar-refractivity contribution in [2.75, 3.05) is 5.32 Å². The summed E-state index contributed by atoms with van der Waals surface area (Å²) in [6.45, 7) is 2.71. The van der Waals surface area contributed by atoms with Gasteiger partial charge in [0.05, 0.1) is 11.2 Å². The van der Waals surface area contributed by atoms with Crippen LogP contribution in [-0.4, -0.2) is 40.4 Å². The van der Waals surface area contributed by atoms with Gasteiger partial charge >= 0.3 is 12.4 Å². The number of ether oxygens (including phenoxy) is 1. The molecule has 0 bridgehead atoms. The van der Waals surface area contributed by atoms with Crippen molar-refractivity contribution in [3.05, 3.63) is 52.5 Å². The third-order valence-electron chi connectivity index (χ3n) is 4.71. The van der Waals surface area contributed by atoms with Crippen molar-refractivity contribution < 1.29 is 40.3 Å². The Morgan fingerprint density at radius 2 is 1.71 bits per heavy atom. The van der Waals surface area contributed by atoms with Gasteiger partial charge in [0.15, 0.2) is 6.10 Å². The van der Waals surface area contributed by atoms with E-state index in [-0.39, 0.29) is 17.3 Å². The Kier molecular flexibility index (Phi) is 7.43. The van der Waals surface area contributed by atoms with Gasteiger partial charge in [-0.2, -0.15) is 26.3 Å². The summed E-state index contributed by atoms with van der Waals surface area (Å²) < 4.78 is 96.5. The molecule has 0 radical (unpaired) electrons. The average molecular weight is 569 g/mol. The zero-order chi connectivity index (χ0) is 26.1. The molecule has 0 spiro atoms. The summed E-state index contributed by atoms with van der Waals surface area (Å²) in [5.41, 5.74) is 1.37. The van der Waals surface area contributed by atoms with Gasteiger partial charge in [-0.05, 0) is 43.7 Å².